The van der Waals surface area contributed by atoms with Gasteiger partial charge in [0, 0.05) is 25.4 Å². The summed E-state index contributed by atoms with van der Waals surface area (Å²) in [6.07, 6.45) is 1.18. The number of nitrogens with zero attached hydrogens (tertiary/aromatic N) is 2. The lowest BCUT2D eigenvalue weighted by Crippen LogP contribution is -2.47. The second kappa shape index (κ2) is 8.26. The van der Waals surface area contributed by atoms with Gasteiger partial charge in [-0.25, -0.2) is 4.79 Å². The van der Waals surface area contributed by atoms with Crippen molar-refractivity contribution >= 4 is 17.0 Å². The Morgan fingerprint density at radius 2 is 2.03 bits per heavy atom. The molecule has 2 aromatic carbocycles. The highest BCUT2D eigenvalue weighted by atomic mass is 16.5. The van der Waals surface area contributed by atoms with Crippen LogP contribution in [0.1, 0.15) is 12.0 Å². The molecular weight excluding hydrogens is 408 g/mol. The second-order valence-electron chi connectivity index (χ2n) is 8.56. The zero-order valence-electron chi connectivity index (χ0n) is 17.7. The molecule has 1 amide bonds. The van der Waals surface area contributed by atoms with E-state index in [-0.39, 0.29) is 23.7 Å². The highest BCUT2D eigenvalue weighted by Crippen LogP contribution is 2.27. The molecule has 3 aromatic rings. The van der Waals surface area contributed by atoms with E-state index in [0.717, 1.165) is 28.6 Å². The molecule has 5 rings (SSSR count). The third-order valence-electron chi connectivity index (χ3n) is 6.46. The number of nitrogens with one attached hydrogen (secondary N) is 2. The van der Waals surface area contributed by atoms with Crippen molar-refractivity contribution in [1.82, 2.24) is 15.2 Å². The van der Waals surface area contributed by atoms with E-state index < -0.39 is 6.04 Å². The Labute approximate surface area is 184 Å². The van der Waals surface area contributed by atoms with Gasteiger partial charge in [0.2, 0.25) is 5.91 Å². The van der Waals surface area contributed by atoms with E-state index in [0.29, 0.717) is 31.1 Å². The van der Waals surface area contributed by atoms with Crippen molar-refractivity contribution < 1.29 is 13.9 Å². The van der Waals surface area contributed by atoms with Crippen molar-refractivity contribution in [2.45, 2.75) is 31.0 Å². The van der Waals surface area contributed by atoms with Gasteiger partial charge in [0.1, 0.15) is 6.04 Å². The quantitative estimate of drug-likeness (QED) is 0.636. The SMILES string of the molecule is Cn1c(=O)oc2ccc(-c3ccc(C[C@@H](C#N)NC(=O)[C@@H]4CC5COCC5N4)cc3)cc21. The summed E-state index contributed by atoms with van der Waals surface area (Å²) in [6.45, 7) is 1.34. The van der Waals surface area contributed by atoms with E-state index in [1.165, 1.54) is 4.57 Å². The van der Waals surface area contributed by atoms with Crippen molar-refractivity contribution in [3.63, 3.8) is 0 Å². The lowest BCUT2D eigenvalue weighted by atomic mass is 10.00. The predicted octanol–water partition coefficient (Wildman–Crippen LogP) is 1.73. The minimum Gasteiger partial charge on any atom is -0.408 e. The van der Waals surface area contributed by atoms with Crippen LogP contribution in [0.3, 0.4) is 0 Å². The summed E-state index contributed by atoms with van der Waals surface area (Å²) in [5.41, 5.74) is 4.21. The number of carbonyl (C=O) groups is 1. The van der Waals surface area contributed by atoms with Crippen LogP contribution in [0.4, 0.5) is 0 Å². The monoisotopic (exact) mass is 432 g/mol. The Bertz CT molecular complexity index is 1240. The second-order valence-corrected chi connectivity index (χ2v) is 8.56. The average molecular weight is 432 g/mol. The van der Waals surface area contributed by atoms with Crippen LogP contribution >= 0.6 is 0 Å². The number of aromatic nitrogens is 1. The van der Waals surface area contributed by atoms with Crippen LogP contribution in [-0.4, -0.2) is 41.8 Å². The first kappa shape index (κ1) is 20.5. The van der Waals surface area contributed by atoms with Crippen LogP contribution in [0.5, 0.6) is 0 Å². The van der Waals surface area contributed by atoms with Gasteiger partial charge >= 0.3 is 5.76 Å². The highest BCUT2D eigenvalue weighted by Gasteiger charge is 2.40. The van der Waals surface area contributed by atoms with Gasteiger partial charge in [-0.1, -0.05) is 30.3 Å². The average Bonchev–Trinajstić information content (AvgIpc) is 3.48. The number of carbonyl (C=O) groups excluding carboxylic acids is 1. The number of amides is 1. The molecule has 164 valence electrons. The van der Waals surface area contributed by atoms with Crippen LogP contribution in [0.15, 0.2) is 51.7 Å². The summed E-state index contributed by atoms with van der Waals surface area (Å²) in [4.78, 5) is 24.3. The smallest absolute Gasteiger partial charge is 0.408 e. The van der Waals surface area contributed by atoms with Crippen molar-refractivity contribution in [3.8, 4) is 17.2 Å². The molecule has 2 N–H and O–H groups in total. The van der Waals surface area contributed by atoms with Gasteiger partial charge in [0.05, 0.1) is 30.8 Å². The summed E-state index contributed by atoms with van der Waals surface area (Å²) in [5.74, 6) is -0.134. The summed E-state index contributed by atoms with van der Waals surface area (Å²) < 4.78 is 12.1. The standard InChI is InChI=1S/C24H24N4O4/c1-28-21-10-16(6-7-22(21)32-24(28)30)15-4-2-14(3-5-15)8-18(11-25)26-23(29)19-9-17-12-31-13-20(17)27-19/h2-7,10,17-20,27H,8-9,12-13H2,1H3,(H,26,29)/t17?,18-,19-,20?/m0/s1. The Balaban J connectivity index is 1.24. The number of benzene rings is 2. The van der Waals surface area contributed by atoms with Crippen LogP contribution < -0.4 is 16.4 Å². The van der Waals surface area contributed by atoms with E-state index in [2.05, 4.69) is 16.7 Å². The number of oxazole rings is 1. The van der Waals surface area contributed by atoms with E-state index in [1.807, 2.05) is 36.4 Å². The van der Waals surface area contributed by atoms with Crippen molar-refractivity contribution in [2.75, 3.05) is 13.2 Å². The molecule has 2 fully saturated rings. The Morgan fingerprint density at radius 3 is 2.78 bits per heavy atom. The maximum atomic E-state index is 12.6. The fraction of sp³-hybridized carbons (Fsp3) is 0.375. The molecule has 0 spiro atoms. The van der Waals surface area contributed by atoms with Gasteiger partial charge in [-0.3, -0.25) is 9.36 Å². The molecule has 1 aromatic heterocycles. The topological polar surface area (TPSA) is 109 Å². The molecule has 0 radical (unpaired) electrons. The van der Waals surface area contributed by atoms with Gasteiger partial charge in [0.25, 0.3) is 0 Å². The maximum absolute atomic E-state index is 12.6. The summed E-state index contributed by atoms with van der Waals surface area (Å²) in [6, 6.07) is 15.1. The van der Waals surface area contributed by atoms with Gasteiger partial charge in [0.15, 0.2) is 5.58 Å². The first-order chi connectivity index (χ1) is 15.5. The number of hydrogen-bond acceptors (Lipinski definition) is 6. The minimum absolute atomic E-state index is 0.124. The third-order valence-corrected chi connectivity index (χ3v) is 6.46. The molecule has 2 unspecified atom stereocenters. The molecule has 2 saturated heterocycles. The Morgan fingerprint density at radius 1 is 1.25 bits per heavy atom. The normalized spacial score (nSPS) is 23.1. The molecule has 32 heavy (non-hydrogen) atoms. The van der Waals surface area contributed by atoms with Crippen LogP contribution in [0.2, 0.25) is 0 Å². The van der Waals surface area contributed by atoms with Gasteiger partial charge in [-0.2, -0.15) is 5.26 Å². The van der Waals surface area contributed by atoms with Crippen LogP contribution in [0.25, 0.3) is 22.2 Å². The van der Waals surface area contributed by atoms with Gasteiger partial charge in [-0.15, -0.1) is 0 Å². The summed E-state index contributed by atoms with van der Waals surface area (Å²) in [7, 11) is 1.68. The number of fused-ring (bicyclic) bond motifs is 2. The van der Waals surface area contributed by atoms with E-state index in [9.17, 15) is 14.9 Å². The zero-order chi connectivity index (χ0) is 22.2. The molecule has 2 aliphatic rings. The van der Waals surface area contributed by atoms with Gasteiger partial charge in [-0.05, 0) is 35.2 Å². The fourth-order valence-electron chi connectivity index (χ4n) is 4.60. The van der Waals surface area contributed by atoms with Crippen molar-refractivity contribution in [2.24, 2.45) is 13.0 Å². The molecule has 3 heterocycles. The largest absolute Gasteiger partial charge is 0.419 e. The number of ether oxygens (including phenoxy) is 1. The zero-order valence-corrected chi connectivity index (χ0v) is 17.7. The lowest BCUT2D eigenvalue weighted by Gasteiger charge is -2.17. The van der Waals surface area contributed by atoms with E-state index in [4.69, 9.17) is 9.15 Å². The molecule has 8 heteroatoms. The molecule has 8 nitrogen and oxygen atoms in total. The molecule has 0 aliphatic carbocycles. The third kappa shape index (κ3) is 3.81. The molecular formula is C24H24N4O4. The Hall–Kier alpha value is -3.41. The lowest BCUT2D eigenvalue weighted by molar-refractivity contribution is -0.123. The van der Waals surface area contributed by atoms with Crippen LogP contribution in [0, 0.1) is 17.2 Å². The minimum atomic E-state index is -0.594. The molecule has 0 bridgehead atoms. The predicted molar refractivity (Wildman–Crippen MR) is 118 cm³/mol. The van der Waals surface area contributed by atoms with Gasteiger partial charge < -0.3 is 19.8 Å². The van der Waals surface area contributed by atoms with E-state index >= 15 is 0 Å². The number of nitriles is 1. The Kier molecular flexibility index (Phi) is 5.29. The van der Waals surface area contributed by atoms with Crippen LogP contribution in [-0.2, 0) is 23.0 Å². The highest BCUT2D eigenvalue weighted by molar-refractivity contribution is 5.83. The summed E-state index contributed by atoms with van der Waals surface area (Å²) >= 11 is 0. The maximum Gasteiger partial charge on any atom is 0.419 e. The number of hydrogen-bond donors (Lipinski definition) is 2. The number of rotatable bonds is 5. The van der Waals surface area contributed by atoms with E-state index in [1.54, 1.807) is 13.1 Å². The number of aryl methyl sites for hydroxylation is 1. The molecule has 4 atom stereocenters. The molecule has 2 aliphatic heterocycles. The fourth-order valence-corrected chi connectivity index (χ4v) is 4.60. The first-order valence-corrected chi connectivity index (χ1v) is 10.7. The molecule has 0 saturated carbocycles. The summed E-state index contributed by atoms with van der Waals surface area (Å²) in [5, 5.41) is 15.8. The van der Waals surface area contributed by atoms with Crippen molar-refractivity contribution in [1.29, 1.82) is 5.26 Å². The van der Waals surface area contributed by atoms with Crippen molar-refractivity contribution in [3.05, 3.63) is 58.6 Å². The first-order valence-electron chi connectivity index (χ1n) is 10.7.